The molecule has 0 saturated carbocycles. The number of nitriles is 1. The van der Waals surface area contributed by atoms with Gasteiger partial charge in [0.25, 0.3) is 0 Å². The number of carbonyl (C=O) groups excluding carboxylic acids is 1. The van der Waals surface area contributed by atoms with Crippen molar-refractivity contribution in [2.24, 2.45) is 0 Å². The van der Waals surface area contributed by atoms with Gasteiger partial charge in [-0.1, -0.05) is 24.3 Å². The van der Waals surface area contributed by atoms with Gasteiger partial charge in [0.05, 0.1) is 11.6 Å². The summed E-state index contributed by atoms with van der Waals surface area (Å²) in [5, 5.41) is 10.9. The van der Waals surface area contributed by atoms with Crippen LogP contribution in [0.3, 0.4) is 0 Å². The highest BCUT2D eigenvalue weighted by Gasteiger charge is 2.53. The third kappa shape index (κ3) is 3.05. The lowest BCUT2D eigenvalue weighted by Crippen LogP contribution is -2.51. The minimum Gasteiger partial charge on any atom is -0.287 e. The second kappa shape index (κ2) is 5.74. The monoisotopic (exact) mass is 347 g/mol. The topological polar surface area (TPSA) is 56.1 Å². The van der Waals surface area contributed by atoms with Crippen molar-refractivity contribution in [3.8, 4) is 6.07 Å². The van der Waals surface area contributed by atoms with Gasteiger partial charge in [-0.05, 0) is 42.3 Å². The highest BCUT2D eigenvalue weighted by atomic mass is 19.4. The molecule has 2 aromatic carbocycles. The molecule has 0 aromatic heterocycles. The number of rotatable bonds is 2. The molecule has 1 saturated heterocycles. The molecule has 2 aromatic rings. The molecule has 0 aliphatic carbocycles. The molecule has 130 valence electrons. The van der Waals surface area contributed by atoms with Gasteiger partial charge >= 0.3 is 6.18 Å². The molecule has 1 fully saturated rings. The molecule has 1 amide bonds. The zero-order chi connectivity index (χ0) is 18.4. The summed E-state index contributed by atoms with van der Waals surface area (Å²) in [6.07, 6.45) is -4.60. The lowest BCUT2D eigenvalue weighted by Gasteiger charge is -2.38. The molecule has 0 bridgehead atoms. The Morgan fingerprint density at radius 1 is 1.28 bits per heavy atom. The van der Waals surface area contributed by atoms with E-state index in [-0.39, 0.29) is 12.0 Å². The average molecular weight is 347 g/mol. The predicted molar refractivity (Wildman–Crippen MR) is 86.1 cm³/mol. The van der Waals surface area contributed by atoms with Crippen molar-refractivity contribution in [3.63, 3.8) is 0 Å². The van der Waals surface area contributed by atoms with Crippen LogP contribution in [0.5, 0.6) is 0 Å². The molecular weight excluding hydrogens is 331 g/mol. The number of nitrogens with zero attached hydrogens (tertiary/aromatic N) is 2. The van der Waals surface area contributed by atoms with Crippen molar-refractivity contribution in [1.82, 2.24) is 10.4 Å². The smallest absolute Gasteiger partial charge is 0.287 e. The molecule has 1 N–H and O–H groups in total. The quantitative estimate of drug-likeness (QED) is 0.898. The van der Waals surface area contributed by atoms with Crippen molar-refractivity contribution in [2.45, 2.75) is 38.0 Å². The van der Waals surface area contributed by atoms with E-state index in [0.717, 1.165) is 5.01 Å². The standard InChI is InChI=1S/C18H16F3N3O/c1-17(2)9-15(25)23-24(17)16(18(19,20)21)14-5-3-4-12-8-11(10-22)6-7-13(12)14/h3-8,16H,9H2,1-2H3,(H,23,25)/t16-/m0/s1. The summed E-state index contributed by atoms with van der Waals surface area (Å²) in [7, 11) is 0. The van der Waals surface area contributed by atoms with Gasteiger partial charge < -0.3 is 0 Å². The van der Waals surface area contributed by atoms with Gasteiger partial charge in [-0.2, -0.15) is 23.4 Å². The minimum atomic E-state index is -4.59. The van der Waals surface area contributed by atoms with Gasteiger partial charge in [0.2, 0.25) is 5.91 Å². The molecule has 1 heterocycles. The second-order valence-corrected chi connectivity index (χ2v) is 6.73. The Labute approximate surface area is 142 Å². The summed E-state index contributed by atoms with van der Waals surface area (Å²) in [5.41, 5.74) is 1.80. The van der Waals surface area contributed by atoms with Crippen molar-refractivity contribution in [3.05, 3.63) is 47.5 Å². The SMILES string of the molecule is CC1(C)CC(=O)NN1[C@@H](c1cccc2cc(C#N)ccc12)C(F)(F)F. The predicted octanol–water partition coefficient (Wildman–Crippen LogP) is 3.83. The van der Waals surface area contributed by atoms with Crippen molar-refractivity contribution in [2.75, 3.05) is 0 Å². The van der Waals surface area contributed by atoms with E-state index in [1.165, 1.54) is 24.3 Å². The third-order valence-corrected chi connectivity index (χ3v) is 4.40. The van der Waals surface area contributed by atoms with Gasteiger partial charge in [0.15, 0.2) is 6.04 Å². The van der Waals surface area contributed by atoms with Crippen molar-refractivity contribution in [1.29, 1.82) is 5.26 Å². The average Bonchev–Trinajstić information content (AvgIpc) is 2.78. The van der Waals surface area contributed by atoms with E-state index >= 15 is 0 Å². The fraction of sp³-hybridized carbons (Fsp3) is 0.333. The fourth-order valence-corrected chi connectivity index (χ4v) is 3.30. The summed E-state index contributed by atoms with van der Waals surface area (Å²) in [5.74, 6) is -0.439. The number of hydrazine groups is 1. The van der Waals surface area contributed by atoms with E-state index in [2.05, 4.69) is 5.43 Å². The van der Waals surface area contributed by atoms with Gasteiger partial charge in [0.1, 0.15) is 0 Å². The normalized spacial score (nSPS) is 18.8. The number of hydrogen-bond donors (Lipinski definition) is 1. The van der Waals surface area contributed by atoms with Gasteiger partial charge in [-0.15, -0.1) is 0 Å². The van der Waals surface area contributed by atoms with Crippen LogP contribution in [0.1, 0.15) is 37.4 Å². The molecule has 0 unspecified atom stereocenters. The Kier molecular flexibility index (Phi) is 3.96. The van der Waals surface area contributed by atoms with Crippen LogP contribution in [0.4, 0.5) is 13.2 Å². The molecule has 0 radical (unpaired) electrons. The Morgan fingerprint density at radius 3 is 2.56 bits per heavy atom. The number of nitrogens with one attached hydrogen (secondary N) is 1. The first kappa shape index (κ1) is 17.2. The molecule has 3 rings (SSSR count). The Bertz CT molecular complexity index is 883. The minimum absolute atomic E-state index is 0.0110. The van der Waals surface area contributed by atoms with Crippen LogP contribution in [0.25, 0.3) is 10.8 Å². The van der Waals surface area contributed by atoms with Crippen LogP contribution < -0.4 is 5.43 Å². The first-order valence-electron chi connectivity index (χ1n) is 7.72. The van der Waals surface area contributed by atoms with E-state index in [1.807, 2.05) is 6.07 Å². The largest absolute Gasteiger partial charge is 0.409 e. The van der Waals surface area contributed by atoms with E-state index in [4.69, 9.17) is 5.26 Å². The van der Waals surface area contributed by atoms with Crippen molar-refractivity contribution < 1.29 is 18.0 Å². The van der Waals surface area contributed by atoms with E-state index in [1.54, 1.807) is 26.0 Å². The molecule has 25 heavy (non-hydrogen) atoms. The zero-order valence-electron chi connectivity index (χ0n) is 13.7. The van der Waals surface area contributed by atoms with Crippen LogP contribution in [-0.4, -0.2) is 22.6 Å². The summed E-state index contributed by atoms with van der Waals surface area (Å²) in [6.45, 7) is 3.20. The Morgan fingerprint density at radius 2 is 2.00 bits per heavy atom. The summed E-state index contributed by atoms with van der Waals surface area (Å²) in [4.78, 5) is 11.7. The van der Waals surface area contributed by atoms with E-state index < -0.39 is 23.7 Å². The molecule has 4 nitrogen and oxygen atoms in total. The van der Waals surface area contributed by atoms with Gasteiger partial charge in [-0.25, -0.2) is 0 Å². The Hall–Kier alpha value is -2.59. The number of halogens is 3. The molecule has 1 aliphatic heterocycles. The van der Waals surface area contributed by atoms with Gasteiger partial charge in [-0.3, -0.25) is 10.2 Å². The molecule has 0 spiro atoms. The fourth-order valence-electron chi connectivity index (χ4n) is 3.30. The lowest BCUT2D eigenvalue weighted by atomic mass is 9.93. The highest BCUT2D eigenvalue weighted by Crippen LogP contribution is 2.44. The second-order valence-electron chi connectivity index (χ2n) is 6.73. The number of fused-ring (bicyclic) bond motifs is 1. The van der Waals surface area contributed by atoms with E-state index in [9.17, 15) is 18.0 Å². The van der Waals surface area contributed by atoms with Crippen LogP contribution in [0, 0.1) is 11.3 Å². The first-order chi connectivity index (χ1) is 11.6. The summed E-state index contributed by atoms with van der Waals surface area (Å²) < 4.78 is 41.9. The van der Waals surface area contributed by atoms with Crippen LogP contribution in [-0.2, 0) is 4.79 Å². The molecule has 1 aliphatic rings. The summed E-state index contributed by atoms with van der Waals surface area (Å²) >= 11 is 0. The number of hydrogen-bond acceptors (Lipinski definition) is 3. The van der Waals surface area contributed by atoms with Crippen LogP contribution in [0.2, 0.25) is 0 Å². The first-order valence-corrected chi connectivity index (χ1v) is 7.72. The molecule has 7 heteroatoms. The number of carbonyl (C=O) groups is 1. The lowest BCUT2D eigenvalue weighted by molar-refractivity contribution is -0.203. The highest BCUT2D eigenvalue weighted by molar-refractivity contribution is 5.87. The van der Waals surface area contributed by atoms with Crippen LogP contribution >= 0.6 is 0 Å². The number of amides is 1. The zero-order valence-corrected chi connectivity index (χ0v) is 13.7. The maximum Gasteiger partial charge on any atom is 0.409 e. The van der Waals surface area contributed by atoms with E-state index in [0.29, 0.717) is 16.3 Å². The third-order valence-electron chi connectivity index (χ3n) is 4.40. The maximum absolute atomic E-state index is 14.0. The molecular formula is C18H16F3N3O. The number of benzene rings is 2. The Balaban J connectivity index is 2.20. The van der Waals surface area contributed by atoms with Crippen LogP contribution in [0.15, 0.2) is 36.4 Å². The number of alkyl halides is 3. The van der Waals surface area contributed by atoms with Crippen molar-refractivity contribution >= 4 is 16.7 Å². The maximum atomic E-state index is 14.0. The molecule has 1 atom stereocenters. The summed E-state index contributed by atoms with van der Waals surface area (Å²) in [6, 6.07) is 9.18. The van der Waals surface area contributed by atoms with Gasteiger partial charge in [0, 0.05) is 12.0 Å².